The third-order valence-electron chi connectivity index (χ3n) is 5.41. The van der Waals surface area contributed by atoms with E-state index >= 15 is 0 Å². The summed E-state index contributed by atoms with van der Waals surface area (Å²) in [7, 11) is 0. The maximum atomic E-state index is 13.3. The van der Waals surface area contributed by atoms with Crippen LogP contribution in [0.4, 0.5) is 0 Å². The third kappa shape index (κ3) is 4.92. The first-order chi connectivity index (χ1) is 14.3. The van der Waals surface area contributed by atoms with Crippen molar-refractivity contribution in [3.05, 3.63) is 95.9 Å². The zero-order chi connectivity index (χ0) is 19.9. The van der Waals surface area contributed by atoms with Gasteiger partial charge < -0.3 is 9.73 Å². The number of amides is 1. The van der Waals surface area contributed by atoms with Crippen LogP contribution in [0.5, 0.6) is 0 Å². The molecule has 4 nitrogen and oxygen atoms in total. The summed E-state index contributed by atoms with van der Waals surface area (Å²) in [6, 6.07) is 22.1. The molecule has 29 heavy (non-hydrogen) atoms. The molecule has 1 aliphatic rings. The van der Waals surface area contributed by atoms with Crippen molar-refractivity contribution in [3.63, 3.8) is 0 Å². The minimum atomic E-state index is -0.320. The lowest BCUT2D eigenvalue weighted by Crippen LogP contribution is -2.43. The normalized spacial score (nSPS) is 15.9. The predicted molar refractivity (Wildman–Crippen MR) is 118 cm³/mol. The van der Waals surface area contributed by atoms with Gasteiger partial charge in [-0.3, -0.25) is 9.69 Å². The quantitative estimate of drug-likeness (QED) is 0.635. The fourth-order valence-electron chi connectivity index (χ4n) is 3.90. The Labute approximate surface area is 176 Å². The van der Waals surface area contributed by atoms with Gasteiger partial charge in [0.25, 0.3) is 0 Å². The third-order valence-corrected chi connectivity index (χ3v) is 6.35. The highest BCUT2D eigenvalue weighted by molar-refractivity contribution is 7.99. The van der Waals surface area contributed by atoms with E-state index in [1.807, 2.05) is 78.5 Å². The van der Waals surface area contributed by atoms with Crippen molar-refractivity contribution < 1.29 is 9.21 Å². The maximum Gasteiger partial charge on any atom is 0.232 e. The van der Waals surface area contributed by atoms with Gasteiger partial charge in [-0.1, -0.05) is 60.7 Å². The second-order valence-corrected chi connectivity index (χ2v) is 8.45. The van der Waals surface area contributed by atoms with Gasteiger partial charge in [-0.2, -0.15) is 11.8 Å². The van der Waals surface area contributed by atoms with Crippen LogP contribution < -0.4 is 5.32 Å². The first kappa shape index (κ1) is 19.8. The van der Waals surface area contributed by atoms with Crippen LogP contribution in [-0.2, 0) is 4.79 Å². The van der Waals surface area contributed by atoms with Crippen molar-refractivity contribution >= 4 is 17.7 Å². The molecule has 0 spiro atoms. The number of carbonyl (C=O) groups is 1. The van der Waals surface area contributed by atoms with Gasteiger partial charge in [-0.25, -0.2) is 0 Å². The monoisotopic (exact) mass is 406 g/mol. The smallest absolute Gasteiger partial charge is 0.232 e. The van der Waals surface area contributed by atoms with Crippen molar-refractivity contribution in [1.29, 1.82) is 0 Å². The molecule has 1 aliphatic heterocycles. The van der Waals surface area contributed by atoms with E-state index in [2.05, 4.69) is 10.2 Å². The van der Waals surface area contributed by atoms with Crippen molar-refractivity contribution in [2.24, 2.45) is 0 Å². The lowest BCUT2D eigenvalue weighted by atomic mass is 9.90. The van der Waals surface area contributed by atoms with Gasteiger partial charge in [0.1, 0.15) is 0 Å². The van der Waals surface area contributed by atoms with Crippen LogP contribution in [0.25, 0.3) is 0 Å². The Morgan fingerprint density at radius 1 is 0.931 bits per heavy atom. The molecule has 0 radical (unpaired) electrons. The van der Waals surface area contributed by atoms with Gasteiger partial charge in [-0.05, 0) is 17.2 Å². The van der Waals surface area contributed by atoms with Crippen LogP contribution in [0.15, 0.2) is 83.7 Å². The van der Waals surface area contributed by atoms with Crippen LogP contribution in [-0.4, -0.2) is 41.9 Å². The number of thioether (sulfide) groups is 1. The Kier molecular flexibility index (Phi) is 6.70. The summed E-state index contributed by atoms with van der Waals surface area (Å²) in [6.07, 6.45) is 3.50. The number of carbonyl (C=O) groups excluding carboxylic acids is 1. The standard InChI is InChI=1S/C24H26N2O2S/c27-24(23(19-7-3-1-4-8-19)20-9-5-2-6-10-20)25-17-22(21-11-14-28-18-21)26-12-15-29-16-13-26/h1-11,14,18,22-23H,12-13,15-17H2,(H,25,27)/t22-/m0/s1. The number of rotatable bonds is 7. The van der Waals surface area contributed by atoms with E-state index in [0.29, 0.717) is 6.54 Å². The molecule has 4 rings (SSSR count). The average Bonchev–Trinajstić information content (AvgIpc) is 3.31. The number of furan rings is 1. The van der Waals surface area contributed by atoms with E-state index in [-0.39, 0.29) is 17.9 Å². The summed E-state index contributed by atoms with van der Waals surface area (Å²) < 4.78 is 5.33. The second-order valence-electron chi connectivity index (χ2n) is 7.22. The number of hydrogen-bond acceptors (Lipinski definition) is 4. The largest absolute Gasteiger partial charge is 0.472 e. The van der Waals surface area contributed by atoms with Gasteiger partial charge in [0.15, 0.2) is 0 Å². The van der Waals surface area contributed by atoms with Gasteiger partial charge in [0, 0.05) is 36.7 Å². The molecule has 2 heterocycles. The molecule has 2 aromatic carbocycles. The number of benzene rings is 2. The topological polar surface area (TPSA) is 45.5 Å². The van der Waals surface area contributed by atoms with Crippen molar-refractivity contribution in [1.82, 2.24) is 10.2 Å². The minimum Gasteiger partial charge on any atom is -0.472 e. The number of nitrogens with zero attached hydrogens (tertiary/aromatic N) is 1. The van der Waals surface area contributed by atoms with Crippen LogP contribution in [0, 0.1) is 0 Å². The summed E-state index contributed by atoms with van der Waals surface area (Å²) in [5.74, 6) is 1.96. The van der Waals surface area contributed by atoms with E-state index in [1.54, 1.807) is 12.5 Å². The van der Waals surface area contributed by atoms with E-state index in [4.69, 9.17) is 4.42 Å². The zero-order valence-corrected chi connectivity index (χ0v) is 17.2. The molecule has 1 fully saturated rings. The molecule has 3 aromatic rings. The predicted octanol–water partition coefficient (Wildman–Crippen LogP) is 4.32. The summed E-state index contributed by atoms with van der Waals surface area (Å²) in [5, 5.41) is 3.24. The lowest BCUT2D eigenvalue weighted by molar-refractivity contribution is -0.122. The van der Waals surface area contributed by atoms with Crippen LogP contribution in [0.2, 0.25) is 0 Å². The molecule has 1 amide bonds. The van der Waals surface area contributed by atoms with E-state index in [1.165, 1.54) is 0 Å². The first-order valence-electron chi connectivity index (χ1n) is 10.0. The summed E-state index contributed by atoms with van der Waals surface area (Å²) >= 11 is 1.98. The Morgan fingerprint density at radius 3 is 2.10 bits per heavy atom. The average molecular weight is 407 g/mol. The summed E-state index contributed by atoms with van der Waals surface area (Å²) in [5.41, 5.74) is 3.13. The molecule has 150 valence electrons. The molecule has 0 aliphatic carbocycles. The van der Waals surface area contributed by atoms with E-state index in [0.717, 1.165) is 41.3 Å². The Balaban J connectivity index is 1.53. The minimum absolute atomic E-state index is 0.0299. The Morgan fingerprint density at radius 2 is 1.55 bits per heavy atom. The lowest BCUT2D eigenvalue weighted by Gasteiger charge is -2.34. The van der Waals surface area contributed by atoms with Gasteiger partial charge >= 0.3 is 0 Å². The molecule has 1 N–H and O–H groups in total. The molecule has 0 bridgehead atoms. The van der Waals surface area contributed by atoms with Crippen molar-refractivity contribution in [2.75, 3.05) is 31.1 Å². The number of nitrogens with one attached hydrogen (secondary N) is 1. The molecular formula is C24H26N2O2S. The fourth-order valence-corrected chi connectivity index (χ4v) is 4.83. The highest BCUT2D eigenvalue weighted by atomic mass is 32.2. The van der Waals surface area contributed by atoms with E-state index < -0.39 is 0 Å². The number of hydrogen-bond donors (Lipinski definition) is 1. The highest BCUT2D eigenvalue weighted by Crippen LogP contribution is 2.27. The molecule has 1 atom stereocenters. The van der Waals surface area contributed by atoms with E-state index in [9.17, 15) is 4.79 Å². The zero-order valence-electron chi connectivity index (χ0n) is 16.4. The summed E-state index contributed by atoms with van der Waals surface area (Å²) in [4.78, 5) is 15.8. The van der Waals surface area contributed by atoms with Gasteiger partial charge in [0.2, 0.25) is 5.91 Å². The Bertz CT molecular complexity index is 838. The second kappa shape index (κ2) is 9.81. The van der Waals surface area contributed by atoms with Gasteiger partial charge in [-0.15, -0.1) is 0 Å². The first-order valence-corrected chi connectivity index (χ1v) is 11.2. The van der Waals surface area contributed by atoms with Crippen molar-refractivity contribution in [2.45, 2.75) is 12.0 Å². The van der Waals surface area contributed by atoms with Gasteiger partial charge in [0.05, 0.1) is 24.5 Å². The molecule has 0 saturated carbocycles. The fraction of sp³-hybridized carbons (Fsp3) is 0.292. The maximum absolute atomic E-state index is 13.3. The van der Waals surface area contributed by atoms with Crippen LogP contribution in [0.1, 0.15) is 28.7 Å². The Hall–Kier alpha value is -2.50. The molecule has 0 unspecified atom stereocenters. The molecular weight excluding hydrogens is 380 g/mol. The summed E-state index contributed by atoms with van der Waals surface area (Å²) in [6.45, 7) is 2.62. The van der Waals surface area contributed by atoms with Crippen LogP contribution in [0.3, 0.4) is 0 Å². The molecule has 1 aromatic heterocycles. The van der Waals surface area contributed by atoms with Crippen LogP contribution >= 0.6 is 11.8 Å². The SMILES string of the molecule is O=C(NC[C@@H](c1ccoc1)N1CCSCC1)C(c1ccccc1)c1ccccc1. The van der Waals surface area contributed by atoms with Crippen molar-refractivity contribution in [3.8, 4) is 0 Å². The highest BCUT2D eigenvalue weighted by Gasteiger charge is 2.27. The molecule has 5 heteroatoms. The molecule has 1 saturated heterocycles.